The van der Waals surface area contributed by atoms with Crippen molar-refractivity contribution < 1.29 is 34.8 Å². The fourth-order valence-electron chi connectivity index (χ4n) is 1.64. The summed E-state index contributed by atoms with van der Waals surface area (Å²) in [5.41, 5.74) is 0. The summed E-state index contributed by atoms with van der Waals surface area (Å²) in [5.74, 6) is -0.923. The van der Waals surface area contributed by atoms with Gasteiger partial charge < -0.3 is 36.4 Å². The highest BCUT2D eigenvalue weighted by molar-refractivity contribution is 5.87. The van der Waals surface area contributed by atoms with E-state index in [1.165, 1.54) is 18.9 Å². The number of ketones is 1. The van der Waals surface area contributed by atoms with Crippen molar-refractivity contribution in [3.05, 3.63) is 0 Å². The molecule has 11 heteroatoms. The summed E-state index contributed by atoms with van der Waals surface area (Å²) in [6.07, 6.45) is -3.28. The molecule has 3 amide bonds. The van der Waals surface area contributed by atoms with E-state index >= 15 is 0 Å². The third-order valence-corrected chi connectivity index (χ3v) is 2.94. The molecule has 0 fully saturated rings. The van der Waals surface area contributed by atoms with Crippen LogP contribution in [0.1, 0.15) is 6.92 Å². The molecule has 0 radical (unpaired) electrons. The number of urea groups is 1. The van der Waals surface area contributed by atoms with Gasteiger partial charge >= 0.3 is 6.03 Å². The number of nitrogens with one attached hydrogen (secondary N) is 3. The maximum absolute atomic E-state index is 11.7. The number of aliphatic hydroxyl groups excluding tert-OH is 4. The summed E-state index contributed by atoms with van der Waals surface area (Å²) in [5, 5.41) is 42.6. The van der Waals surface area contributed by atoms with Crippen molar-refractivity contribution in [2.45, 2.75) is 25.3 Å². The minimum absolute atomic E-state index is 0.138. The molecule has 0 aromatic heterocycles. The molecule has 7 N–H and O–H groups in total. The molecule has 0 aromatic rings. The molecule has 0 aliphatic heterocycles. The van der Waals surface area contributed by atoms with Crippen LogP contribution in [0, 0.1) is 0 Å². The minimum atomic E-state index is -1.12. The van der Waals surface area contributed by atoms with Crippen molar-refractivity contribution in [2.75, 3.05) is 39.9 Å². The lowest BCUT2D eigenvalue weighted by molar-refractivity contribution is -0.126. The van der Waals surface area contributed by atoms with Gasteiger partial charge in [-0.1, -0.05) is 0 Å². The Hall–Kier alpha value is -1.79. The third kappa shape index (κ3) is 9.37. The number of aliphatic hydroxyl groups is 4. The quantitative estimate of drug-likeness (QED) is 0.185. The molecule has 3 unspecified atom stereocenters. The number of nitrogens with zero attached hydrogens (tertiary/aromatic N) is 1. The molecule has 0 aliphatic carbocycles. The van der Waals surface area contributed by atoms with Gasteiger partial charge in [0.15, 0.2) is 5.78 Å². The summed E-state index contributed by atoms with van der Waals surface area (Å²) in [4.78, 5) is 36.3. The number of rotatable bonds is 11. The van der Waals surface area contributed by atoms with E-state index in [1.54, 1.807) is 0 Å². The fourth-order valence-corrected chi connectivity index (χ4v) is 1.64. The van der Waals surface area contributed by atoms with Gasteiger partial charge in [0, 0.05) is 13.1 Å². The first kappa shape index (κ1) is 22.2. The molecule has 24 heavy (non-hydrogen) atoms. The molecule has 0 aromatic carbocycles. The van der Waals surface area contributed by atoms with Gasteiger partial charge in [-0.15, -0.1) is 0 Å². The van der Waals surface area contributed by atoms with Crippen LogP contribution in [0.4, 0.5) is 4.79 Å². The van der Waals surface area contributed by atoms with E-state index in [-0.39, 0.29) is 19.6 Å². The molecule has 0 heterocycles. The van der Waals surface area contributed by atoms with Crippen molar-refractivity contribution in [1.82, 2.24) is 20.9 Å². The summed E-state index contributed by atoms with van der Waals surface area (Å²) in [7, 11) is 1.44. The van der Waals surface area contributed by atoms with Gasteiger partial charge in [-0.2, -0.15) is 0 Å². The number of likely N-dealkylation sites (N-methyl/N-ethyl adjacent to an activating group) is 1. The highest BCUT2D eigenvalue weighted by Crippen LogP contribution is 1.95. The van der Waals surface area contributed by atoms with Gasteiger partial charge in [0.1, 0.15) is 6.17 Å². The summed E-state index contributed by atoms with van der Waals surface area (Å²) >= 11 is 0. The zero-order valence-corrected chi connectivity index (χ0v) is 13.7. The van der Waals surface area contributed by atoms with Crippen LogP contribution in [0.15, 0.2) is 0 Å². The lowest BCUT2D eigenvalue weighted by atomic mass is 10.3. The van der Waals surface area contributed by atoms with Gasteiger partial charge in [-0.05, 0) is 14.0 Å². The maximum atomic E-state index is 11.7. The number of hydrogen-bond donors (Lipinski definition) is 7. The van der Waals surface area contributed by atoms with Crippen LogP contribution in [-0.4, -0.2) is 101 Å². The van der Waals surface area contributed by atoms with E-state index in [2.05, 4.69) is 16.0 Å². The Balaban J connectivity index is 4.45. The van der Waals surface area contributed by atoms with Crippen LogP contribution in [-0.2, 0) is 9.59 Å². The molecular formula is C13H26N4O7. The number of hydrogen-bond acceptors (Lipinski definition) is 8. The first-order valence-electron chi connectivity index (χ1n) is 7.30. The molecule has 140 valence electrons. The smallest absolute Gasteiger partial charge is 0.316 e. The first-order valence-corrected chi connectivity index (χ1v) is 7.30. The van der Waals surface area contributed by atoms with Gasteiger partial charge in [-0.3, -0.25) is 14.5 Å². The number of Topliss-reactive ketones (excluding diaryl/α,β-unsaturated/α-hetero) is 1. The molecule has 3 atom stereocenters. The Labute approximate surface area is 139 Å². The molecule has 0 spiro atoms. The summed E-state index contributed by atoms with van der Waals surface area (Å²) < 4.78 is 0. The average Bonchev–Trinajstić information content (AvgIpc) is 2.54. The van der Waals surface area contributed by atoms with Crippen molar-refractivity contribution in [1.29, 1.82) is 0 Å². The third-order valence-electron chi connectivity index (χ3n) is 2.94. The Morgan fingerprint density at radius 3 is 1.96 bits per heavy atom. The molecule has 0 bridgehead atoms. The van der Waals surface area contributed by atoms with Crippen LogP contribution in [0.3, 0.4) is 0 Å². The van der Waals surface area contributed by atoms with E-state index in [9.17, 15) is 14.4 Å². The second kappa shape index (κ2) is 11.7. The van der Waals surface area contributed by atoms with Crippen LogP contribution in [0.5, 0.6) is 0 Å². The Morgan fingerprint density at radius 2 is 1.50 bits per heavy atom. The topological polar surface area (TPSA) is 171 Å². The predicted molar refractivity (Wildman–Crippen MR) is 82.8 cm³/mol. The molecular weight excluding hydrogens is 324 g/mol. The summed E-state index contributed by atoms with van der Waals surface area (Å²) in [6.45, 7) is -0.347. The largest absolute Gasteiger partial charge is 0.394 e. The maximum Gasteiger partial charge on any atom is 0.316 e. The average molecular weight is 350 g/mol. The zero-order valence-electron chi connectivity index (χ0n) is 13.7. The predicted octanol–water partition coefficient (Wildman–Crippen LogP) is -4.04. The van der Waals surface area contributed by atoms with Crippen molar-refractivity contribution in [3.8, 4) is 0 Å². The van der Waals surface area contributed by atoms with E-state index in [1.807, 2.05) is 0 Å². The van der Waals surface area contributed by atoms with Crippen LogP contribution in [0.25, 0.3) is 0 Å². The molecule has 0 saturated heterocycles. The molecule has 0 saturated carbocycles. The van der Waals surface area contributed by atoms with Gasteiger partial charge in [0.05, 0.1) is 32.0 Å². The highest BCUT2D eigenvalue weighted by atomic mass is 16.3. The van der Waals surface area contributed by atoms with Crippen molar-refractivity contribution in [2.24, 2.45) is 0 Å². The van der Waals surface area contributed by atoms with Crippen LogP contribution in [0.2, 0.25) is 0 Å². The Kier molecular flexibility index (Phi) is 10.8. The standard InChI is InChI=1S/C13H26N4O7/c1-8(20)12(16-13(24)15-4-10(22)7-19)17(2)5-11(23)14-3-9(21)6-18/h9-10,12,18-19,21-22H,3-7H2,1-2H3,(H,14,23)(H2,15,16,24). The van der Waals surface area contributed by atoms with E-state index < -0.39 is 49.3 Å². The second-order valence-corrected chi connectivity index (χ2v) is 5.26. The fraction of sp³-hybridized carbons (Fsp3) is 0.769. The van der Waals surface area contributed by atoms with Gasteiger partial charge in [0.2, 0.25) is 5.91 Å². The van der Waals surface area contributed by atoms with Crippen molar-refractivity contribution in [3.63, 3.8) is 0 Å². The van der Waals surface area contributed by atoms with E-state index in [4.69, 9.17) is 20.4 Å². The van der Waals surface area contributed by atoms with Crippen molar-refractivity contribution >= 4 is 17.7 Å². The lowest BCUT2D eigenvalue weighted by Crippen LogP contribution is -2.56. The van der Waals surface area contributed by atoms with Crippen LogP contribution < -0.4 is 16.0 Å². The van der Waals surface area contributed by atoms with Gasteiger partial charge in [0.25, 0.3) is 0 Å². The number of carbonyl (C=O) groups is 3. The first-order chi connectivity index (χ1) is 11.2. The number of amides is 3. The molecule has 0 rings (SSSR count). The lowest BCUT2D eigenvalue weighted by Gasteiger charge is -2.26. The Morgan fingerprint density at radius 1 is 1.00 bits per heavy atom. The zero-order chi connectivity index (χ0) is 18.7. The second-order valence-electron chi connectivity index (χ2n) is 5.26. The summed E-state index contributed by atoms with van der Waals surface area (Å²) in [6, 6.07) is -0.745. The highest BCUT2D eigenvalue weighted by Gasteiger charge is 2.23. The monoisotopic (exact) mass is 350 g/mol. The van der Waals surface area contributed by atoms with Gasteiger partial charge in [-0.25, -0.2) is 4.79 Å². The van der Waals surface area contributed by atoms with E-state index in [0.717, 1.165) is 0 Å². The Bertz CT molecular complexity index is 421. The molecule has 0 aliphatic rings. The minimum Gasteiger partial charge on any atom is -0.394 e. The molecule has 11 nitrogen and oxygen atoms in total. The normalized spacial score (nSPS) is 14.6. The van der Waals surface area contributed by atoms with Crippen LogP contribution >= 0.6 is 0 Å². The van der Waals surface area contributed by atoms with E-state index in [0.29, 0.717) is 0 Å². The SMILES string of the molecule is CC(=O)C(NC(=O)NCC(O)CO)N(C)CC(=O)NCC(O)CO. The number of carbonyl (C=O) groups excluding carboxylic acids is 3.